The van der Waals surface area contributed by atoms with Crippen LogP contribution in [-0.2, 0) is 0 Å². The quantitative estimate of drug-likeness (QED) is 0.0626. The van der Waals surface area contributed by atoms with Crippen molar-refractivity contribution in [1.29, 1.82) is 0 Å². The molecule has 2 heterocycles. The van der Waals surface area contributed by atoms with Crippen LogP contribution in [0.25, 0.3) is 11.1 Å². The predicted octanol–water partition coefficient (Wildman–Crippen LogP) is 15.0. The van der Waals surface area contributed by atoms with E-state index in [1.807, 2.05) is 0 Å². The normalized spacial score (nSPS) is 12.3. The summed E-state index contributed by atoms with van der Waals surface area (Å²) in [5.41, 5.74) is 15.8. The Hall–Kier alpha value is -13.1. The molecule has 3 nitrogen and oxygen atoms in total. The summed E-state index contributed by atoms with van der Waals surface area (Å²) in [5.74, 6) is 0. The van der Waals surface area contributed by atoms with Gasteiger partial charge in [-0.05, 0) is 163 Å². The lowest BCUT2D eigenvalue weighted by molar-refractivity contribution is 1.23. The number of hydrogen-bond donors (Lipinski definition) is 0. The smallest absolute Gasteiger partial charge is 0.252 e. The largest absolute Gasteiger partial charge is 0.311 e. The first kappa shape index (κ1) is 66.5. The highest BCUT2D eigenvalue weighted by molar-refractivity contribution is 7.21. The maximum absolute atomic E-state index is 3.21. The topological polar surface area (TPSA) is 9.72 Å². The van der Waals surface area contributed by atoms with Crippen LogP contribution in [0, 0.1) is 0 Å². The van der Waals surface area contributed by atoms with Crippen LogP contribution in [0.4, 0.5) is 51.2 Å². The first-order valence-electron chi connectivity index (χ1n) is 37.8. The molecule has 2 aliphatic heterocycles. The fourth-order valence-electron chi connectivity index (χ4n) is 18.3. The van der Waals surface area contributed by atoms with Crippen molar-refractivity contribution in [3.63, 3.8) is 0 Å². The van der Waals surface area contributed by atoms with E-state index in [2.05, 4.69) is 476 Å². The highest BCUT2D eigenvalue weighted by Crippen LogP contribution is 2.48. The standard InChI is InChI=1S/C102H76BN3Si3/c1-13-39-77(40-14-1)78-67-70-98-97(71-78)103-96-69-68-95(109(90-59-31-10-32-60-90,91-61-33-11-34-62-91)92-63-35-12-36-64-92)76-99(96)106(82-46-38-66-94(73-82)108(87-53-25-7-26-54-87,88-55-27-8-28-56-88)89-57-29-9-30-58-89)101-75-83(104(79-41-15-2-16-42-79)80-43-17-3-18-44-80)74-100(102(101)103)105(98)81-45-37-65-93(72-81)107(84-47-19-4-20-48-84,85-49-21-5-22-50-85)86-51-23-6-24-52-86/h1-76H. The van der Waals surface area contributed by atoms with Crippen molar-refractivity contribution in [3.05, 3.63) is 461 Å². The van der Waals surface area contributed by atoms with Gasteiger partial charge in [0.2, 0.25) is 0 Å². The Morgan fingerprint density at radius 1 is 0.183 bits per heavy atom. The summed E-state index contributed by atoms with van der Waals surface area (Å²) < 4.78 is 0. The van der Waals surface area contributed by atoms with Gasteiger partial charge in [-0.25, -0.2) is 0 Å². The molecule has 17 aromatic rings. The maximum Gasteiger partial charge on any atom is 0.252 e. The molecule has 0 bridgehead atoms. The zero-order chi connectivity index (χ0) is 72.6. The van der Waals surface area contributed by atoms with Crippen LogP contribution < -0.4 is 93.3 Å². The predicted molar refractivity (Wildman–Crippen MR) is 471 cm³/mol. The summed E-state index contributed by atoms with van der Waals surface area (Å²) in [5, 5.41) is 15.8. The molecule has 0 atom stereocenters. The molecule has 0 aromatic heterocycles. The fourth-order valence-corrected chi connectivity index (χ4v) is 32.6. The van der Waals surface area contributed by atoms with Crippen LogP contribution in [0.15, 0.2) is 461 Å². The highest BCUT2D eigenvalue weighted by Gasteiger charge is 2.49. The summed E-state index contributed by atoms with van der Waals surface area (Å²) in [6.45, 7) is -0.262. The molecule has 0 radical (unpaired) electrons. The van der Waals surface area contributed by atoms with Crippen molar-refractivity contribution >= 4 is 161 Å². The highest BCUT2D eigenvalue weighted by atomic mass is 28.3. The molecular weight excluding hydrogens is 1360 g/mol. The summed E-state index contributed by atoms with van der Waals surface area (Å²) in [6.07, 6.45) is 0. The number of para-hydroxylation sites is 2. The average Bonchev–Trinajstić information content (AvgIpc) is 0.692. The van der Waals surface area contributed by atoms with Crippen LogP contribution in [0.5, 0.6) is 0 Å². The van der Waals surface area contributed by atoms with Crippen molar-refractivity contribution in [1.82, 2.24) is 0 Å². The molecule has 0 aliphatic carbocycles. The maximum atomic E-state index is 2.70. The van der Waals surface area contributed by atoms with Gasteiger partial charge in [-0.3, -0.25) is 0 Å². The van der Waals surface area contributed by atoms with Gasteiger partial charge in [0.25, 0.3) is 6.71 Å². The summed E-state index contributed by atoms with van der Waals surface area (Å²) in [4.78, 5) is 7.82. The molecule has 0 N–H and O–H groups in total. The molecular formula is C102H76BN3Si3. The van der Waals surface area contributed by atoms with Crippen LogP contribution in [0.2, 0.25) is 0 Å². The number of nitrogens with zero attached hydrogens (tertiary/aromatic N) is 3. The minimum Gasteiger partial charge on any atom is -0.311 e. The minimum absolute atomic E-state index is 0.262. The summed E-state index contributed by atoms with van der Waals surface area (Å²) >= 11 is 0. The van der Waals surface area contributed by atoms with E-state index >= 15 is 0 Å². The van der Waals surface area contributed by atoms with Gasteiger partial charge < -0.3 is 14.7 Å². The second-order valence-electron chi connectivity index (χ2n) is 28.6. The molecule has 17 aromatic carbocycles. The van der Waals surface area contributed by atoms with Gasteiger partial charge in [-0.1, -0.05) is 388 Å². The third kappa shape index (κ3) is 11.3. The molecule has 19 rings (SSSR count). The van der Waals surface area contributed by atoms with E-state index in [9.17, 15) is 0 Å². The monoisotopic (exact) mass is 1440 g/mol. The summed E-state index contributed by atoms with van der Waals surface area (Å²) in [7, 11) is -9.46. The van der Waals surface area contributed by atoms with Crippen molar-refractivity contribution < 1.29 is 0 Å². The average molecular weight is 1440 g/mol. The zero-order valence-electron chi connectivity index (χ0n) is 60.3. The third-order valence-electron chi connectivity index (χ3n) is 22.8. The van der Waals surface area contributed by atoms with Gasteiger partial charge >= 0.3 is 0 Å². The Balaban J connectivity index is 0.969. The third-order valence-corrected chi connectivity index (χ3v) is 37.1. The van der Waals surface area contributed by atoms with E-state index < -0.39 is 24.2 Å². The number of rotatable bonds is 18. The number of anilines is 9. The van der Waals surface area contributed by atoms with E-state index in [1.165, 1.54) is 89.8 Å². The van der Waals surface area contributed by atoms with E-state index in [4.69, 9.17) is 0 Å². The van der Waals surface area contributed by atoms with Crippen molar-refractivity contribution in [3.8, 4) is 11.1 Å². The van der Waals surface area contributed by atoms with E-state index in [0.29, 0.717) is 0 Å². The molecule has 0 fully saturated rings. The van der Waals surface area contributed by atoms with Crippen molar-refractivity contribution in [2.45, 2.75) is 0 Å². The second kappa shape index (κ2) is 28.6. The SMILES string of the molecule is c1ccc(-c2ccc3c(c2)B2c4ccc([Si](c5ccccc5)(c5ccccc5)c5ccccc5)cc4N(c4cccc([Si](c5ccccc5)(c5ccccc5)c5ccccc5)c4)c4cc(N(c5ccccc5)c5ccccc5)cc(c42)N3c2cccc([Si](c3ccccc3)(c3ccccc3)c3ccccc3)c2)cc1. The molecule has 0 saturated carbocycles. The van der Waals surface area contributed by atoms with Crippen molar-refractivity contribution in [2.75, 3.05) is 14.7 Å². The lowest BCUT2D eigenvalue weighted by Gasteiger charge is -2.46. The van der Waals surface area contributed by atoms with Gasteiger partial charge in [-0.2, -0.15) is 0 Å². The molecule has 0 spiro atoms. The molecule has 0 amide bonds. The van der Waals surface area contributed by atoms with Gasteiger partial charge in [0.1, 0.15) is 0 Å². The molecule has 7 heteroatoms. The van der Waals surface area contributed by atoms with Crippen LogP contribution >= 0.6 is 0 Å². The Kier molecular flexibility index (Phi) is 17.5. The molecule has 0 saturated heterocycles. The number of benzene rings is 17. The Morgan fingerprint density at radius 2 is 0.477 bits per heavy atom. The van der Waals surface area contributed by atoms with E-state index in [1.54, 1.807) is 0 Å². The van der Waals surface area contributed by atoms with E-state index in [-0.39, 0.29) is 6.71 Å². The molecule has 0 unspecified atom stereocenters. The lowest BCUT2D eigenvalue weighted by atomic mass is 9.33. The molecule has 514 valence electrons. The van der Waals surface area contributed by atoms with E-state index in [0.717, 1.165) is 51.2 Å². The zero-order valence-corrected chi connectivity index (χ0v) is 63.3. The first-order valence-corrected chi connectivity index (χ1v) is 43.8. The summed E-state index contributed by atoms with van der Waals surface area (Å²) in [6, 6.07) is 175. The first-order chi connectivity index (χ1) is 54.1. The van der Waals surface area contributed by atoms with Crippen molar-refractivity contribution in [2.24, 2.45) is 0 Å². The Bertz CT molecular complexity index is 5710. The second-order valence-corrected chi connectivity index (χ2v) is 40.0. The molecule has 2 aliphatic rings. The lowest BCUT2D eigenvalue weighted by Crippen LogP contribution is -2.75. The van der Waals surface area contributed by atoms with Crippen LogP contribution in [0.1, 0.15) is 0 Å². The van der Waals surface area contributed by atoms with Crippen LogP contribution in [-0.4, -0.2) is 30.9 Å². The number of hydrogen-bond acceptors (Lipinski definition) is 3. The van der Waals surface area contributed by atoms with Crippen LogP contribution in [0.3, 0.4) is 0 Å². The number of fused-ring (bicyclic) bond motifs is 4. The van der Waals surface area contributed by atoms with Gasteiger partial charge in [-0.15, -0.1) is 0 Å². The van der Waals surface area contributed by atoms with Gasteiger partial charge in [0.15, 0.2) is 24.2 Å². The molecule has 109 heavy (non-hydrogen) atoms. The van der Waals surface area contributed by atoms with Gasteiger partial charge in [0, 0.05) is 45.5 Å². The van der Waals surface area contributed by atoms with Gasteiger partial charge in [0.05, 0.1) is 5.69 Å². The Morgan fingerprint density at radius 3 is 0.817 bits per heavy atom. The Labute approximate surface area is 643 Å². The fraction of sp³-hybridized carbons (Fsp3) is 0. The minimum atomic E-state index is -3.21.